The van der Waals surface area contributed by atoms with Gasteiger partial charge in [-0.15, -0.1) is 0 Å². The Morgan fingerprint density at radius 3 is 2.89 bits per heavy atom. The van der Waals surface area contributed by atoms with Crippen molar-refractivity contribution in [2.45, 2.75) is 0 Å². The van der Waals surface area contributed by atoms with Crippen LogP contribution in [0.15, 0.2) is 18.2 Å². The lowest BCUT2D eigenvalue weighted by molar-refractivity contribution is 0.0383. The first-order valence-corrected chi connectivity index (χ1v) is 6.30. The Morgan fingerprint density at radius 1 is 1.42 bits per heavy atom. The van der Waals surface area contributed by atoms with Crippen LogP contribution in [0.2, 0.25) is 0 Å². The van der Waals surface area contributed by atoms with Crippen molar-refractivity contribution in [2.75, 3.05) is 45.1 Å². The van der Waals surface area contributed by atoms with Crippen LogP contribution in [0.25, 0.3) is 0 Å². The first-order valence-electron chi connectivity index (χ1n) is 6.30. The van der Waals surface area contributed by atoms with E-state index in [-0.39, 0.29) is 5.56 Å². The molecule has 5 nitrogen and oxygen atoms in total. The quantitative estimate of drug-likeness (QED) is 0.778. The second-order valence-electron chi connectivity index (χ2n) is 4.45. The molecule has 2 rings (SSSR count). The fourth-order valence-electron chi connectivity index (χ4n) is 1.96. The van der Waals surface area contributed by atoms with Gasteiger partial charge < -0.3 is 15.8 Å². The fraction of sp³-hybridized carbons (Fsp3) is 0.462. The van der Waals surface area contributed by atoms with Crippen LogP contribution in [0.5, 0.6) is 0 Å². The van der Waals surface area contributed by atoms with E-state index in [1.165, 1.54) is 18.2 Å². The maximum atomic E-state index is 13.5. The SMILES string of the molecule is Nc1ccc(F)c(C(=O)NCCN2CCOCC2)c1. The number of rotatable bonds is 4. The lowest BCUT2D eigenvalue weighted by Crippen LogP contribution is -2.41. The van der Waals surface area contributed by atoms with Gasteiger partial charge in [0.25, 0.3) is 5.91 Å². The van der Waals surface area contributed by atoms with Gasteiger partial charge in [0.05, 0.1) is 18.8 Å². The van der Waals surface area contributed by atoms with Crippen LogP contribution >= 0.6 is 0 Å². The summed E-state index contributed by atoms with van der Waals surface area (Å²) in [5.41, 5.74) is 5.90. The molecule has 1 aromatic rings. The molecule has 0 radical (unpaired) electrons. The Morgan fingerprint density at radius 2 is 2.16 bits per heavy atom. The van der Waals surface area contributed by atoms with Crippen molar-refractivity contribution < 1.29 is 13.9 Å². The van der Waals surface area contributed by atoms with Crippen LogP contribution in [0.1, 0.15) is 10.4 Å². The first kappa shape index (κ1) is 13.8. The summed E-state index contributed by atoms with van der Waals surface area (Å²) in [6, 6.07) is 3.98. The summed E-state index contributed by atoms with van der Waals surface area (Å²) < 4.78 is 18.7. The Bertz CT molecular complexity index is 448. The molecule has 19 heavy (non-hydrogen) atoms. The van der Waals surface area contributed by atoms with Crippen LogP contribution in [0.3, 0.4) is 0 Å². The second kappa shape index (κ2) is 6.49. The third kappa shape index (κ3) is 3.90. The molecule has 0 spiro atoms. The van der Waals surface area contributed by atoms with Crippen molar-refractivity contribution in [3.63, 3.8) is 0 Å². The standard InChI is InChI=1S/C13H18FN3O2/c14-12-2-1-10(15)9-11(12)13(18)16-3-4-17-5-7-19-8-6-17/h1-2,9H,3-8,15H2,(H,16,18). The number of nitrogens with one attached hydrogen (secondary N) is 1. The number of halogens is 1. The number of nitrogens with two attached hydrogens (primary N) is 1. The lowest BCUT2D eigenvalue weighted by atomic mass is 10.2. The maximum Gasteiger partial charge on any atom is 0.254 e. The summed E-state index contributed by atoms with van der Waals surface area (Å²) in [5.74, 6) is -0.990. The van der Waals surface area contributed by atoms with Crippen molar-refractivity contribution in [3.8, 4) is 0 Å². The summed E-state index contributed by atoms with van der Waals surface area (Å²) in [5, 5.41) is 2.70. The van der Waals surface area contributed by atoms with E-state index >= 15 is 0 Å². The molecule has 1 aliphatic rings. The zero-order valence-corrected chi connectivity index (χ0v) is 10.7. The summed E-state index contributed by atoms with van der Waals surface area (Å²) >= 11 is 0. The number of nitrogens with zero attached hydrogens (tertiary/aromatic N) is 1. The first-order chi connectivity index (χ1) is 9.16. The molecule has 1 fully saturated rings. The Labute approximate surface area is 111 Å². The molecule has 1 aromatic carbocycles. The highest BCUT2D eigenvalue weighted by molar-refractivity contribution is 5.95. The Kier molecular flexibility index (Phi) is 4.70. The minimum absolute atomic E-state index is 0.0121. The molecule has 0 saturated carbocycles. The van der Waals surface area contributed by atoms with Crippen LogP contribution in [0, 0.1) is 5.82 Å². The van der Waals surface area contributed by atoms with Crippen molar-refractivity contribution in [1.82, 2.24) is 10.2 Å². The predicted octanol–water partition coefficient (Wildman–Crippen LogP) is 0.470. The number of ether oxygens (including phenoxy) is 1. The number of carbonyl (C=O) groups is 1. The van der Waals surface area contributed by atoms with E-state index in [0.717, 1.165) is 32.8 Å². The molecule has 0 unspecified atom stereocenters. The van der Waals surface area contributed by atoms with E-state index in [2.05, 4.69) is 10.2 Å². The maximum absolute atomic E-state index is 13.5. The summed E-state index contributed by atoms with van der Waals surface area (Å²) in [7, 11) is 0. The van der Waals surface area contributed by atoms with Gasteiger partial charge >= 0.3 is 0 Å². The molecule has 6 heteroatoms. The molecule has 0 atom stereocenters. The molecule has 3 N–H and O–H groups in total. The molecule has 0 bridgehead atoms. The van der Waals surface area contributed by atoms with Crippen molar-refractivity contribution in [2.24, 2.45) is 0 Å². The van der Waals surface area contributed by atoms with E-state index in [0.29, 0.717) is 12.2 Å². The molecular formula is C13H18FN3O2. The molecule has 1 amide bonds. The van der Waals surface area contributed by atoms with Gasteiger partial charge in [-0.2, -0.15) is 0 Å². The fourth-order valence-corrected chi connectivity index (χ4v) is 1.96. The van der Waals surface area contributed by atoms with Gasteiger partial charge in [-0.3, -0.25) is 9.69 Å². The number of anilines is 1. The van der Waals surface area contributed by atoms with Crippen molar-refractivity contribution in [3.05, 3.63) is 29.6 Å². The van der Waals surface area contributed by atoms with Gasteiger partial charge in [0, 0.05) is 31.9 Å². The predicted molar refractivity (Wildman–Crippen MR) is 70.4 cm³/mol. The number of morpholine rings is 1. The monoisotopic (exact) mass is 267 g/mol. The zero-order valence-electron chi connectivity index (χ0n) is 10.7. The van der Waals surface area contributed by atoms with E-state index in [9.17, 15) is 9.18 Å². The number of benzene rings is 1. The van der Waals surface area contributed by atoms with Gasteiger partial charge in [-0.1, -0.05) is 0 Å². The average molecular weight is 267 g/mol. The third-order valence-electron chi connectivity index (χ3n) is 3.05. The minimum Gasteiger partial charge on any atom is -0.399 e. The van der Waals surface area contributed by atoms with Crippen molar-refractivity contribution in [1.29, 1.82) is 0 Å². The van der Waals surface area contributed by atoms with Crippen LogP contribution in [0.4, 0.5) is 10.1 Å². The normalized spacial score (nSPS) is 16.3. The molecule has 1 aliphatic heterocycles. The smallest absolute Gasteiger partial charge is 0.254 e. The van der Waals surface area contributed by atoms with Gasteiger partial charge in [-0.05, 0) is 18.2 Å². The molecule has 1 heterocycles. The number of nitrogen functional groups attached to an aromatic ring is 1. The van der Waals surface area contributed by atoms with E-state index < -0.39 is 11.7 Å². The van der Waals surface area contributed by atoms with E-state index in [1.807, 2.05) is 0 Å². The third-order valence-corrected chi connectivity index (χ3v) is 3.05. The number of carbonyl (C=O) groups excluding carboxylic acids is 1. The highest BCUT2D eigenvalue weighted by Crippen LogP contribution is 2.11. The Balaban J connectivity index is 1.82. The van der Waals surface area contributed by atoms with Crippen molar-refractivity contribution >= 4 is 11.6 Å². The van der Waals surface area contributed by atoms with Gasteiger partial charge in [0.1, 0.15) is 5.82 Å². The second-order valence-corrected chi connectivity index (χ2v) is 4.45. The largest absolute Gasteiger partial charge is 0.399 e. The summed E-state index contributed by atoms with van der Waals surface area (Å²) in [6.45, 7) is 4.38. The molecule has 0 aliphatic carbocycles. The highest BCUT2D eigenvalue weighted by Gasteiger charge is 2.13. The molecule has 0 aromatic heterocycles. The van der Waals surface area contributed by atoms with Crippen LogP contribution in [-0.2, 0) is 4.74 Å². The van der Waals surface area contributed by atoms with Crippen LogP contribution < -0.4 is 11.1 Å². The summed E-state index contributed by atoms with van der Waals surface area (Å²) in [6.07, 6.45) is 0. The minimum atomic E-state index is -0.557. The topological polar surface area (TPSA) is 67.6 Å². The van der Waals surface area contributed by atoms with E-state index in [4.69, 9.17) is 10.5 Å². The molecule has 1 saturated heterocycles. The highest BCUT2D eigenvalue weighted by atomic mass is 19.1. The number of hydrogen-bond acceptors (Lipinski definition) is 4. The number of hydrogen-bond donors (Lipinski definition) is 2. The molecular weight excluding hydrogens is 249 g/mol. The average Bonchev–Trinajstić information content (AvgIpc) is 2.42. The molecule has 104 valence electrons. The summed E-state index contributed by atoms with van der Waals surface area (Å²) in [4.78, 5) is 14.0. The lowest BCUT2D eigenvalue weighted by Gasteiger charge is -2.26. The zero-order chi connectivity index (χ0) is 13.7. The van der Waals surface area contributed by atoms with Gasteiger partial charge in [-0.25, -0.2) is 4.39 Å². The van der Waals surface area contributed by atoms with E-state index in [1.54, 1.807) is 0 Å². The van der Waals surface area contributed by atoms with Crippen LogP contribution in [-0.4, -0.2) is 50.2 Å². The van der Waals surface area contributed by atoms with Gasteiger partial charge in [0.15, 0.2) is 0 Å². The Hall–Kier alpha value is -1.66. The van der Waals surface area contributed by atoms with Gasteiger partial charge in [0.2, 0.25) is 0 Å². The number of amides is 1.